The molecule has 2 saturated heterocycles. The van der Waals surface area contributed by atoms with Gasteiger partial charge in [-0.05, 0) is 30.7 Å². The molecule has 10 heteroatoms. The number of fused-ring (bicyclic) bond motifs is 1. The summed E-state index contributed by atoms with van der Waals surface area (Å²) in [5.74, 6) is -0.426. The van der Waals surface area contributed by atoms with Gasteiger partial charge in [-0.15, -0.1) is 0 Å². The number of nitrogens with zero attached hydrogens (tertiary/aromatic N) is 4. The van der Waals surface area contributed by atoms with Crippen molar-refractivity contribution in [2.75, 3.05) is 29.4 Å². The molecule has 150 valence electrons. The molecule has 1 saturated carbocycles. The zero-order valence-corrected chi connectivity index (χ0v) is 15.0. The number of carboxylic acids is 1. The average molecular weight is 396 g/mol. The maximum atomic E-state index is 13.6. The van der Waals surface area contributed by atoms with Gasteiger partial charge in [-0.1, -0.05) is 0 Å². The number of nitriles is 1. The number of aliphatic hydroxyl groups excluding tert-OH is 1. The maximum absolute atomic E-state index is 13.6. The van der Waals surface area contributed by atoms with Crippen LogP contribution in [0.5, 0.6) is 0 Å². The summed E-state index contributed by atoms with van der Waals surface area (Å²) >= 11 is 0. The number of rotatable bonds is 4. The third-order valence-electron chi connectivity index (χ3n) is 6.21. The van der Waals surface area contributed by atoms with E-state index in [0.717, 1.165) is 6.07 Å². The number of carboxylic acid groups (broad SMARTS) is 1. The summed E-state index contributed by atoms with van der Waals surface area (Å²) in [6, 6.07) is 2.10. The van der Waals surface area contributed by atoms with Crippen LogP contribution >= 0.6 is 0 Å². The first-order valence-corrected chi connectivity index (χ1v) is 9.05. The van der Waals surface area contributed by atoms with Gasteiger partial charge in [0.2, 0.25) is 0 Å². The van der Waals surface area contributed by atoms with Crippen molar-refractivity contribution in [3.05, 3.63) is 17.2 Å². The quantitative estimate of drug-likeness (QED) is 0.799. The van der Waals surface area contributed by atoms with Crippen molar-refractivity contribution in [3.8, 4) is 6.07 Å². The van der Waals surface area contributed by atoms with Gasteiger partial charge in [0, 0.05) is 26.1 Å². The third kappa shape index (κ3) is 2.94. The molecule has 0 amide bonds. The molecule has 5 atom stereocenters. The number of anilines is 2. The van der Waals surface area contributed by atoms with Crippen LogP contribution in [0.3, 0.4) is 0 Å². The number of aromatic nitrogens is 1. The molecule has 0 aromatic carbocycles. The first kappa shape index (κ1) is 18.8. The van der Waals surface area contributed by atoms with E-state index >= 15 is 0 Å². The molecule has 0 bridgehead atoms. The molecule has 1 unspecified atom stereocenters. The second-order valence-corrected chi connectivity index (χ2v) is 7.79. The lowest BCUT2D eigenvalue weighted by molar-refractivity contribution is -0.138. The van der Waals surface area contributed by atoms with Crippen molar-refractivity contribution in [2.24, 2.45) is 17.8 Å². The number of hydrogen-bond donors (Lipinski definition) is 2. The Kier molecular flexibility index (Phi) is 4.19. The highest BCUT2D eigenvalue weighted by atomic mass is 19.4. The second kappa shape index (κ2) is 6.24. The summed E-state index contributed by atoms with van der Waals surface area (Å²) in [6.45, 7) is 2.70. The van der Waals surface area contributed by atoms with Crippen LogP contribution in [0.1, 0.15) is 24.5 Å². The Labute approximate surface area is 159 Å². The summed E-state index contributed by atoms with van der Waals surface area (Å²) in [4.78, 5) is 18.5. The molecule has 0 spiro atoms. The van der Waals surface area contributed by atoms with Gasteiger partial charge in [-0.25, -0.2) is 4.98 Å². The molecule has 28 heavy (non-hydrogen) atoms. The Hall–Kier alpha value is -2.54. The molecular formula is C18H19F3N4O3. The molecule has 3 fully saturated rings. The van der Waals surface area contributed by atoms with E-state index in [1.165, 1.54) is 4.90 Å². The fraction of sp³-hybridized carbons (Fsp3) is 0.611. The molecule has 1 aromatic heterocycles. The summed E-state index contributed by atoms with van der Waals surface area (Å²) in [5, 5.41) is 28.0. The second-order valence-electron chi connectivity index (χ2n) is 7.79. The minimum Gasteiger partial charge on any atom is -0.481 e. The Morgan fingerprint density at radius 3 is 2.46 bits per heavy atom. The van der Waals surface area contributed by atoms with Gasteiger partial charge in [-0.2, -0.15) is 18.4 Å². The lowest BCUT2D eigenvalue weighted by Gasteiger charge is -2.45. The minimum atomic E-state index is -4.71. The molecule has 3 heterocycles. The first-order chi connectivity index (χ1) is 13.1. The Balaban J connectivity index is 1.66. The summed E-state index contributed by atoms with van der Waals surface area (Å²) in [6.07, 6.45) is -5.31. The van der Waals surface area contributed by atoms with E-state index in [1.54, 1.807) is 17.9 Å². The molecule has 2 N–H and O–H groups in total. The third-order valence-corrected chi connectivity index (χ3v) is 6.21. The number of piperidine rings is 1. The molecule has 7 nitrogen and oxygen atoms in total. The van der Waals surface area contributed by atoms with E-state index in [4.69, 9.17) is 5.11 Å². The van der Waals surface area contributed by atoms with E-state index in [2.05, 4.69) is 4.98 Å². The van der Waals surface area contributed by atoms with Crippen molar-refractivity contribution in [2.45, 2.75) is 31.7 Å². The fourth-order valence-electron chi connectivity index (χ4n) is 4.43. The largest absolute Gasteiger partial charge is 0.481 e. The standard InChI is InChI=1S/C18H19F3N4O3/c1-8-14(26)7-25(8)17-10(4-22)13(18(19,20)21)3-15(23-17)24-5-11-9(2-16(27)28)12(11)6-24/h3,8-9,11-12,14,26H,2,5-7H2,1H3,(H,27,28)/t8-,9?,11-,12+,14+/m0/s1. The number of pyridine rings is 1. The normalized spacial score (nSPS) is 31.2. The van der Waals surface area contributed by atoms with Crippen LogP contribution in [-0.2, 0) is 11.0 Å². The summed E-state index contributed by atoms with van der Waals surface area (Å²) in [7, 11) is 0. The van der Waals surface area contributed by atoms with E-state index in [-0.39, 0.29) is 42.4 Å². The fourth-order valence-corrected chi connectivity index (χ4v) is 4.43. The molecule has 3 aliphatic rings. The number of aliphatic carboxylic acids is 1. The van der Waals surface area contributed by atoms with Crippen molar-refractivity contribution in [1.82, 2.24) is 4.98 Å². The van der Waals surface area contributed by atoms with Crippen molar-refractivity contribution in [3.63, 3.8) is 0 Å². The lowest BCUT2D eigenvalue weighted by Crippen LogP contribution is -2.59. The van der Waals surface area contributed by atoms with Gasteiger partial charge in [0.05, 0.1) is 17.7 Å². The van der Waals surface area contributed by atoms with Gasteiger partial charge in [0.15, 0.2) is 0 Å². The zero-order chi connectivity index (χ0) is 20.4. The highest BCUT2D eigenvalue weighted by Crippen LogP contribution is 2.54. The first-order valence-electron chi connectivity index (χ1n) is 9.05. The highest BCUT2D eigenvalue weighted by molar-refractivity contribution is 5.68. The number of halogens is 3. The number of hydrogen-bond acceptors (Lipinski definition) is 6. The van der Waals surface area contributed by atoms with E-state index in [1.807, 2.05) is 0 Å². The van der Waals surface area contributed by atoms with Crippen molar-refractivity contribution >= 4 is 17.6 Å². The van der Waals surface area contributed by atoms with E-state index in [9.17, 15) is 28.3 Å². The van der Waals surface area contributed by atoms with Gasteiger partial charge in [0.25, 0.3) is 0 Å². The number of alkyl halides is 3. The van der Waals surface area contributed by atoms with Crippen LogP contribution in [0, 0.1) is 29.1 Å². The van der Waals surface area contributed by atoms with Gasteiger partial charge < -0.3 is 20.0 Å². The van der Waals surface area contributed by atoms with Gasteiger partial charge >= 0.3 is 12.1 Å². The van der Waals surface area contributed by atoms with Crippen LogP contribution in [0.25, 0.3) is 0 Å². The van der Waals surface area contributed by atoms with Crippen molar-refractivity contribution in [1.29, 1.82) is 5.26 Å². The topological polar surface area (TPSA) is 101 Å². The van der Waals surface area contributed by atoms with Crippen molar-refractivity contribution < 1.29 is 28.2 Å². The number of β-amino-alcohol motifs (C(OH)–C–C–N with tert-alkyl or cyclic N) is 1. The molecule has 1 aliphatic carbocycles. The highest BCUT2D eigenvalue weighted by Gasteiger charge is 2.56. The van der Waals surface area contributed by atoms with Crippen LogP contribution in [-0.4, -0.2) is 52.9 Å². The van der Waals surface area contributed by atoms with E-state index in [0.29, 0.717) is 13.1 Å². The van der Waals surface area contributed by atoms with Crippen LogP contribution in [0.15, 0.2) is 6.07 Å². The smallest absolute Gasteiger partial charge is 0.417 e. The molecule has 1 aromatic rings. The van der Waals surface area contributed by atoms with Crippen LogP contribution in [0.4, 0.5) is 24.8 Å². The lowest BCUT2D eigenvalue weighted by atomic mass is 9.99. The van der Waals surface area contributed by atoms with Crippen LogP contribution < -0.4 is 9.80 Å². The Morgan fingerprint density at radius 1 is 1.36 bits per heavy atom. The SMILES string of the molecule is C[C@H]1[C@H](O)CN1c1nc(N2C[C@@H]3C(CC(=O)O)[C@@H]3C2)cc(C(F)(F)F)c1C#N. The number of aliphatic hydroxyl groups is 1. The molecule has 4 rings (SSSR count). The van der Waals surface area contributed by atoms with Gasteiger partial charge in [-0.3, -0.25) is 4.79 Å². The predicted molar refractivity (Wildman–Crippen MR) is 91.7 cm³/mol. The molecule has 0 radical (unpaired) electrons. The van der Waals surface area contributed by atoms with Crippen LogP contribution in [0.2, 0.25) is 0 Å². The Bertz CT molecular complexity index is 857. The molecular weight excluding hydrogens is 377 g/mol. The van der Waals surface area contributed by atoms with E-state index < -0.39 is 35.4 Å². The monoisotopic (exact) mass is 396 g/mol. The minimum absolute atomic E-state index is 0.0622. The van der Waals surface area contributed by atoms with Gasteiger partial charge in [0.1, 0.15) is 23.3 Å². The molecule has 2 aliphatic heterocycles. The predicted octanol–water partition coefficient (Wildman–Crippen LogP) is 1.70. The summed E-state index contributed by atoms with van der Waals surface area (Å²) in [5.41, 5.74) is -1.57. The Morgan fingerprint density at radius 2 is 2.00 bits per heavy atom. The summed E-state index contributed by atoms with van der Waals surface area (Å²) < 4.78 is 40.8. The zero-order valence-electron chi connectivity index (χ0n) is 15.0. The number of carbonyl (C=O) groups is 1. The maximum Gasteiger partial charge on any atom is 0.417 e. The average Bonchev–Trinajstić information content (AvgIpc) is 3.05.